The predicted molar refractivity (Wildman–Crippen MR) is 131 cm³/mol. The zero-order chi connectivity index (χ0) is 21.7. The Morgan fingerprint density at radius 2 is 1.80 bits per heavy atom. The quantitative estimate of drug-likeness (QED) is 0.310. The van der Waals surface area contributed by atoms with Crippen LogP contribution in [-0.2, 0) is 21.8 Å². The monoisotopic (exact) mass is 548 g/mol. The molecule has 0 aliphatic rings. The van der Waals surface area contributed by atoms with Crippen molar-refractivity contribution < 1.29 is 12.9 Å². The minimum atomic E-state index is -3.37. The number of hydrogen-bond acceptors (Lipinski definition) is 5. The van der Waals surface area contributed by atoms with Crippen LogP contribution in [0.15, 0.2) is 44.7 Å². The lowest BCUT2D eigenvalue weighted by Gasteiger charge is -2.19. The van der Waals surface area contributed by atoms with Crippen LogP contribution in [0.4, 0.5) is 0 Å². The fraction of sp³-hybridized carbons (Fsp3) is 0.524. The molecule has 0 atom stereocenters. The maximum absolute atomic E-state index is 12.6. The molecule has 1 heterocycles. The van der Waals surface area contributed by atoms with Crippen LogP contribution >= 0.6 is 24.0 Å². The zero-order valence-corrected chi connectivity index (χ0v) is 21.7. The van der Waals surface area contributed by atoms with E-state index in [-0.39, 0.29) is 41.7 Å². The van der Waals surface area contributed by atoms with Gasteiger partial charge in [0.2, 0.25) is 0 Å². The summed E-state index contributed by atoms with van der Waals surface area (Å²) in [4.78, 5) is 4.45. The van der Waals surface area contributed by atoms with Gasteiger partial charge in [0, 0.05) is 19.7 Å². The largest absolute Gasteiger partial charge is 0.359 e. The van der Waals surface area contributed by atoms with Gasteiger partial charge >= 0.3 is 0 Å². The van der Waals surface area contributed by atoms with E-state index in [1.54, 1.807) is 19.2 Å². The van der Waals surface area contributed by atoms with Gasteiger partial charge in [0.25, 0.3) is 0 Å². The molecule has 2 aromatic rings. The van der Waals surface area contributed by atoms with Gasteiger partial charge in [-0.1, -0.05) is 51.9 Å². The van der Waals surface area contributed by atoms with Crippen LogP contribution in [0.3, 0.4) is 0 Å². The predicted octanol–water partition coefficient (Wildman–Crippen LogP) is 3.85. The summed E-state index contributed by atoms with van der Waals surface area (Å²) in [6.45, 7) is 11.1. The van der Waals surface area contributed by atoms with Crippen molar-refractivity contribution in [1.29, 1.82) is 0 Å². The fourth-order valence-electron chi connectivity index (χ4n) is 2.66. The topological polar surface area (TPSA) is 96.6 Å². The average molecular weight is 548 g/mol. The van der Waals surface area contributed by atoms with Gasteiger partial charge in [-0.05, 0) is 29.0 Å². The molecule has 168 valence electrons. The van der Waals surface area contributed by atoms with Crippen molar-refractivity contribution in [2.24, 2.45) is 4.99 Å². The SMILES string of the molecule is CN=C(NCCS(=O)(=O)c1ccc(C(C)(C)C)cc1)NCc1cc(C(C)C)no1.I. The summed E-state index contributed by atoms with van der Waals surface area (Å²) >= 11 is 0. The van der Waals surface area contributed by atoms with Gasteiger partial charge in [-0.25, -0.2) is 8.42 Å². The van der Waals surface area contributed by atoms with Crippen LogP contribution in [0.25, 0.3) is 0 Å². The first-order valence-corrected chi connectivity index (χ1v) is 11.4. The van der Waals surface area contributed by atoms with E-state index in [1.807, 2.05) is 32.0 Å². The van der Waals surface area contributed by atoms with Crippen LogP contribution in [0, 0.1) is 0 Å². The molecule has 0 aliphatic carbocycles. The highest BCUT2D eigenvalue weighted by Gasteiger charge is 2.18. The number of aromatic nitrogens is 1. The molecular weight excluding hydrogens is 515 g/mol. The minimum Gasteiger partial charge on any atom is -0.359 e. The molecule has 9 heteroatoms. The molecule has 30 heavy (non-hydrogen) atoms. The Morgan fingerprint density at radius 3 is 2.30 bits per heavy atom. The number of rotatable bonds is 7. The van der Waals surface area contributed by atoms with Gasteiger partial charge in [-0.2, -0.15) is 0 Å². The second-order valence-electron chi connectivity index (χ2n) is 8.32. The number of nitrogens with one attached hydrogen (secondary N) is 2. The summed E-state index contributed by atoms with van der Waals surface area (Å²) in [5.41, 5.74) is 1.99. The highest BCUT2D eigenvalue weighted by atomic mass is 127. The molecule has 0 unspecified atom stereocenters. The molecule has 0 aliphatic heterocycles. The lowest BCUT2D eigenvalue weighted by molar-refractivity contribution is 0.372. The average Bonchev–Trinajstić information content (AvgIpc) is 3.13. The van der Waals surface area contributed by atoms with Gasteiger partial charge in [-0.15, -0.1) is 24.0 Å². The van der Waals surface area contributed by atoms with E-state index in [1.165, 1.54) is 0 Å². The minimum absolute atomic E-state index is 0. The maximum atomic E-state index is 12.6. The van der Waals surface area contributed by atoms with Crippen molar-refractivity contribution in [2.75, 3.05) is 19.3 Å². The summed E-state index contributed by atoms with van der Waals surface area (Å²) in [6.07, 6.45) is 0. The fourth-order valence-corrected chi connectivity index (χ4v) is 3.82. The van der Waals surface area contributed by atoms with E-state index in [4.69, 9.17) is 4.52 Å². The third-order valence-corrected chi connectivity index (χ3v) is 6.30. The van der Waals surface area contributed by atoms with Crippen molar-refractivity contribution in [3.63, 3.8) is 0 Å². The summed E-state index contributed by atoms with van der Waals surface area (Å²) in [5.74, 6) is 1.48. The molecule has 0 bridgehead atoms. The molecule has 0 saturated carbocycles. The van der Waals surface area contributed by atoms with Gasteiger partial charge in [0.1, 0.15) is 0 Å². The molecule has 7 nitrogen and oxygen atoms in total. The van der Waals surface area contributed by atoms with E-state index < -0.39 is 9.84 Å². The van der Waals surface area contributed by atoms with Crippen molar-refractivity contribution in [2.45, 2.75) is 57.4 Å². The Hall–Kier alpha value is -1.62. The summed E-state index contributed by atoms with van der Waals surface area (Å²) in [6, 6.07) is 9.02. The lowest BCUT2D eigenvalue weighted by atomic mass is 9.87. The first-order valence-electron chi connectivity index (χ1n) is 9.76. The van der Waals surface area contributed by atoms with Crippen LogP contribution in [0.5, 0.6) is 0 Å². The van der Waals surface area contributed by atoms with Crippen molar-refractivity contribution in [3.8, 4) is 0 Å². The molecule has 2 N–H and O–H groups in total. The Labute approximate surface area is 197 Å². The second kappa shape index (κ2) is 11.1. The number of guanidine groups is 1. The number of aliphatic imine (C=N–C) groups is 1. The standard InChI is InChI=1S/C21H32N4O3S.HI/c1-15(2)19-13-17(28-25-19)14-24-20(22-6)23-11-12-29(26,27)18-9-7-16(8-10-18)21(3,4)5;/h7-10,13,15H,11-12,14H2,1-6H3,(H2,22,23,24);1H. The second-order valence-corrected chi connectivity index (χ2v) is 10.4. The van der Waals surface area contributed by atoms with E-state index in [9.17, 15) is 8.42 Å². The summed E-state index contributed by atoms with van der Waals surface area (Å²) in [7, 11) is -1.74. The highest BCUT2D eigenvalue weighted by Crippen LogP contribution is 2.23. The van der Waals surface area contributed by atoms with Crippen LogP contribution < -0.4 is 10.6 Å². The van der Waals surface area contributed by atoms with E-state index in [0.717, 1.165) is 11.3 Å². The number of hydrogen-bond donors (Lipinski definition) is 2. The number of nitrogens with zero attached hydrogens (tertiary/aromatic N) is 2. The smallest absolute Gasteiger partial charge is 0.191 e. The first-order chi connectivity index (χ1) is 13.5. The lowest BCUT2D eigenvalue weighted by Crippen LogP contribution is -2.39. The summed E-state index contributed by atoms with van der Waals surface area (Å²) < 4.78 is 30.5. The van der Waals surface area contributed by atoms with Crippen LogP contribution in [0.2, 0.25) is 0 Å². The number of halogens is 1. The normalized spacial score (nSPS) is 12.6. The van der Waals surface area contributed by atoms with E-state index >= 15 is 0 Å². The maximum Gasteiger partial charge on any atom is 0.191 e. The van der Waals surface area contributed by atoms with E-state index in [0.29, 0.717) is 29.1 Å². The molecule has 0 radical (unpaired) electrons. The molecule has 0 amide bonds. The molecule has 2 rings (SSSR count). The Balaban J connectivity index is 0.00000450. The van der Waals surface area contributed by atoms with E-state index in [2.05, 4.69) is 41.6 Å². The Kier molecular flexibility index (Phi) is 9.80. The molecular formula is C21H33IN4O3S. The molecule has 0 saturated heterocycles. The van der Waals surface area contributed by atoms with Gasteiger partial charge < -0.3 is 15.2 Å². The zero-order valence-electron chi connectivity index (χ0n) is 18.5. The van der Waals surface area contributed by atoms with Crippen molar-refractivity contribution >= 4 is 39.8 Å². The van der Waals surface area contributed by atoms with Crippen molar-refractivity contribution in [1.82, 2.24) is 15.8 Å². The molecule has 1 aromatic carbocycles. The van der Waals surface area contributed by atoms with Crippen LogP contribution in [-0.4, -0.2) is 38.9 Å². The number of sulfone groups is 1. The first kappa shape index (κ1) is 26.4. The van der Waals surface area contributed by atoms with Crippen LogP contribution in [0.1, 0.15) is 57.6 Å². The third-order valence-electron chi connectivity index (χ3n) is 4.57. The summed E-state index contributed by atoms with van der Waals surface area (Å²) in [5, 5.41) is 10.1. The molecule has 1 aromatic heterocycles. The van der Waals surface area contributed by atoms with Gasteiger partial charge in [0.15, 0.2) is 21.6 Å². The number of benzene rings is 1. The third kappa shape index (κ3) is 7.57. The Bertz CT molecular complexity index is 930. The van der Waals surface area contributed by atoms with Gasteiger partial charge in [0.05, 0.1) is 22.9 Å². The van der Waals surface area contributed by atoms with Gasteiger partial charge in [-0.3, -0.25) is 4.99 Å². The highest BCUT2D eigenvalue weighted by molar-refractivity contribution is 14.0. The Morgan fingerprint density at radius 1 is 1.17 bits per heavy atom. The molecule has 0 fully saturated rings. The molecule has 0 spiro atoms. The van der Waals surface area contributed by atoms with Crippen molar-refractivity contribution in [3.05, 3.63) is 47.3 Å².